The van der Waals surface area contributed by atoms with Gasteiger partial charge in [0, 0.05) is 12.6 Å². The summed E-state index contributed by atoms with van der Waals surface area (Å²) in [6, 6.07) is -1.38. The molecule has 1 atom stereocenters. The van der Waals surface area contributed by atoms with Crippen molar-refractivity contribution in [1.29, 1.82) is 0 Å². The fraction of sp³-hybridized carbons (Fsp3) is 0.727. The van der Waals surface area contributed by atoms with Crippen LogP contribution in [0.2, 0.25) is 0 Å². The van der Waals surface area contributed by atoms with Crippen molar-refractivity contribution in [3.63, 3.8) is 0 Å². The molecule has 0 aliphatic heterocycles. The summed E-state index contributed by atoms with van der Waals surface area (Å²) in [5.74, 6) is -1.53. The van der Waals surface area contributed by atoms with Crippen molar-refractivity contribution >= 4 is 17.9 Å². The zero-order chi connectivity index (χ0) is 14.3. The molecule has 0 radical (unpaired) electrons. The third kappa shape index (κ3) is 5.62. The lowest BCUT2D eigenvalue weighted by atomic mass is 10.2. The van der Waals surface area contributed by atoms with E-state index in [0.29, 0.717) is 6.54 Å². The van der Waals surface area contributed by atoms with Crippen LogP contribution in [0.5, 0.6) is 0 Å². The van der Waals surface area contributed by atoms with Crippen LogP contribution in [0.1, 0.15) is 27.7 Å². The summed E-state index contributed by atoms with van der Waals surface area (Å²) < 4.78 is 0. The Balaban J connectivity index is 4.56. The number of rotatable bonds is 6. The summed E-state index contributed by atoms with van der Waals surface area (Å²) in [5.41, 5.74) is 0. The smallest absolute Gasteiger partial charge is 0.321 e. The lowest BCUT2D eigenvalue weighted by molar-refractivity contribution is -0.140. The summed E-state index contributed by atoms with van der Waals surface area (Å²) in [6.45, 7) is 7.05. The SMILES string of the molecule is CCNC(=O)NC(=O)C(C)N(CC(=O)O)C(C)C. The highest BCUT2D eigenvalue weighted by Crippen LogP contribution is 2.05. The van der Waals surface area contributed by atoms with Gasteiger partial charge in [0.25, 0.3) is 0 Å². The van der Waals surface area contributed by atoms with Crippen LogP contribution in [0, 0.1) is 0 Å². The molecule has 7 heteroatoms. The van der Waals surface area contributed by atoms with Gasteiger partial charge in [-0.3, -0.25) is 19.8 Å². The van der Waals surface area contributed by atoms with Crippen molar-refractivity contribution < 1.29 is 19.5 Å². The Morgan fingerprint density at radius 2 is 1.78 bits per heavy atom. The number of nitrogens with zero attached hydrogens (tertiary/aromatic N) is 1. The minimum atomic E-state index is -1.01. The molecule has 0 bridgehead atoms. The number of nitrogens with one attached hydrogen (secondary N) is 2. The summed E-state index contributed by atoms with van der Waals surface area (Å²) in [5, 5.41) is 13.4. The molecule has 1 unspecified atom stereocenters. The highest BCUT2D eigenvalue weighted by Gasteiger charge is 2.26. The van der Waals surface area contributed by atoms with E-state index in [4.69, 9.17) is 5.11 Å². The molecular formula is C11H21N3O4. The number of urea groups is 1. The largest absolute Gasteiger partial charge is 0.480 e. The molecule has 18 heavy (non-hydrogen) atoms. The lowest BCUT2D eigenvalue weighted by Gasteiger charge is -2.29. The maximum absolute atomic E-state index is 11.7. The predicted octanol–water partition coefficient (Wildman–Crippen LogP) is 0.0156. The van der Waals surface area contributed by atoms with Crippen LogP contribution in [0.3, 0.4) is 0 Å². The standard InChI is InChI=1S/C11H21N3O4/c1-5-12-11(18)13-10(17)8(4)14(7(2)3)6-9(15)16/h7-8H,5-6H2,1-4H3,(H,15,16)(H2,12,13,17,18). The minimum absolute atomic E-state index is 0.115. The molecule has 0 saturated carbocycles. The summed E-state index contributed by atoms with van der Waals surface area (Å²) in [7, 11) is 0. The van der Waals surface area contributed by atoms with E-state index in [1.165, 1.54) is 4.90 Å². The number of hydrogen-bond donors (Lipinski definition) is 3. The zero-order valence-electron chi connectivity index (χ0n) is 11.2. The van der Waals surface area contributed by atoms with E-state index in [9.17, 15) is 14.4 Å². The number of carbonyl (C=O) groups is 3. The third-order valence-electron chi connectivity index (χ3n) is 2.43. The average molecular weight is 259 g/mol. The normalized spacial score (nSPS) is 12.3. The number of carboxylic acid groups (broad SMARTS) is 1. The molecule has 3 amide bonds. The second kappa shape index (κ2) is 7.65. The van der Waals surface area contributed by atoms with Crippen LogP contribution >= 0.6 is 0 Å². The van der Waals surface area contributed by atoms with Gasteiger partial charge in [0.1, 0.15) is 0 Å². The first-order valence-corrected chi connectivity index (χ1v) is 5.85. The van der Waals surface area contributed by atoms with Gasteiger partial charge < -0.3 is 10.4 Å². The van der Waals surface area contributed by atoms with Gasteiger partial charge in [-0.2, -0.15) is 0 Å². The molecule has 0 heterocycles. The summed E-state index contributed by atoms with van der Waals surface area (Å²) >= 11 is 0. The molecular weight excluding hydrogens is 238 g/mol. The highest BCUT2D eigenvalue weighted by atomic mass is 16.4. The van der Waals surface area contributed by atoms with Crippen molar-refractivity contribution in [3.8, 4) is 0 Å². The van der Waals surface area contributed by atoms with Crippen LogP contribution in [0.4, 0.5) is 4.79 Å². The van der Waals surface area contributed by atoms with Crippen molar-refractivity contribution in [2.24, 2.45) is 0 Å². The van der Waals surface area contributed by atoms with Crippen LogP contribution in [-0.4, -0.2) is 53.1 Å². The van der Waals surface area contributed by atoms with E-state index in [1.54, 1.807) is 27.7 Å². The molecule has 0 aromatic carbocycles. The maximum Gasteiger partial charge on any atom is 0.321 e. The van der Waals surface area contributed by atoms with E-state index in [0.717, 1.165) is 0 Å². The summed E-state index contributed by atoms with van der Waals surface area (Å²) in [6.07, 6.45) is 0. The zero-order valence-corrected chi connectivity index (χ0v) is 11.2. The number of imide groups is 1. The predicted molar refractivity (Wildman–Crippen MR) is 66.2 cm³/mol. The Morgan fingerprint density at radius 1 is 1.22 bits per heavy atom. The maximum atomic E-state index is 11.7. The van der Waals surface area contributed by atoms with E-state index < -0.39 is 23.9 Å². The van der Waals surface area contributed by atoms with Crippen LogP contribution in [0.15, 0.2) is 0 Å². The first-order chi connectivity index (χ1) is 8.29. The molecule has 0 aromatic rings. The number of aliphatic carboxylic acids is 1. The average Bonchev–Trinajstić information content (AvgIpc) is 2.24. The van der Waals surface area contributed by atoms with Crippen LogP contribution < -0.4 is 10.6 Å². The number of carboxylic acids is 1. The van der Waals surface area contributed by atoms with Gasteiger partial charge in [-0.1, -0.05) is 0 Å². The monoisotopic (exact) mass is 259 g/mol. The number of hydrogen-bond acceptors (Lipinski definition) is 4. The van der Waals surface area contributed by atoms with Gasteiger partial charge in [0.2, 0.25) is 5.91 Å². The molecule has 0 saturated heterocycles. The first kappa shape index (κ1) is 16.4. The van der Waals surface area contributed by atoms with Crippen molar-refractivity contribution in [2.45, 2.75) is 39.8 Å². The highest BCUT2D eigenvalue weighted by molar-refractivity contribution is 5.96. The molecule has 0 rings (SSSR count). The molecule has 0 fully saturated rings. The Labute approximate surface area is 107 Å². The van der Waals surface area contributed by atoms with E-state index in [2.05, 4.69) is 10.6 Å². The molecule has 0 spiro atoms. The fourth-order valence-electron chi connectivity index (χ4n) is 1.49. The molecule has 7 nitrogen and oxygen atoms in total. The van der Waals surface area contributed by atoms with E-state index >= 15 is 0 Å². The summed E-state index contributed by atoms with van der Waals surface area (Å²) in [4.78, 5) is 35.2. The van der Waals surface area contributed by atoms with Crippen molar-refractivity contribution in [3.05, 3.63) is 0 Å². The molecule has 0 aliphatic carbocycles. The second-order valence-electron chi connectivity index (χ2n) is 4.18. The van der Waals surface area contributed by atoms with Crippen LogP contribution in [-0.2, 0) is 9.59 Å². The Bertz CT molecular complexity index is 317. The van der Waals surface area contributed by atoms with Gasteiger partial charge in [0.05, 0.1) is 12.6 Å². The van der Waals surface area contributed by atoms with E-state index in [-0.39, 0.29) is 12.6 Å². The minimum Gasteiger partial charge on any atom is -0.480 e. The van der Waals surface area contributed by atoms with Crippen LogP contribution in [0.25, 0.3) is 0 Å². The number of amides is 3. The van der Waals surface area contributed by atoms with Gasteiger partial charge in [-0.15, -0.1) is 0 Å². The van der Waals surface area contributed by atoms with Crippen molar-refractivity contribution in [2.75, 3.05) is 13.1 Å². The van der Waals surface area contributed by atoms with Crippen molar-refractivity contribution in [1.82, 2.24) is 15.5 Å². The van der Waals surface area contributed by atoms with Gasteiger partial charge in [-0.25, -0.2) is 4.79 Å². The molecule has 0 aliphatic rings. The second-order valence-corrected chi connectivity index (χ2v) is 4.18. The Morgan fingerprint density at radius 3 is 2.17 bits per heavy atom. The van der Waals surface area contributed by atoms with Gasteiger partial charge in [0.15, 0.2) is 0 Å². The molecule has 3 N–H and O–H groups in total. The fourth-order valence-corrected chi connectivity index (χ4v) is 1.49. The topological polar surface area (TPSA) is 98.7 Å². The van der Waals surface area contributed by atoms with E-state index in [1.807, 2.05) is 0 Å². The Hall–Kier alpha value is -1.63. The quantitative estimate of drug-likeness (QED) is 0.624. The number of carbonyl (C=O) groups excluding carboxylic acids is 2. The molecule has 104 valence electrons. The Kier molecular flexibility index (Phi) is 6.96. The van der Waals surface area contributed by atoms with Gasteiger partial charge in [-0.05, 0) is 27.7 Å². The first-order valence-electron chi connectivity index (χ1n) is 5.85. The molecule has 0 aromatic heterocycles. The lowest BCUT2D eigenvalue weighted by Crippen LogP contribution is -2.52. The van der Waals surface area contributed by atoms with Gasteiger partial charge >= 0.3 is 12.0 Å². The third-order valence-corrected chi connectivity index (χ3v) is 2.43.